The summed E-state index contributed by atoms with van der Waals surface area (Å²) in [5.74, 6) is -1.28. The Hall–Kier alpha value is -2.11. The molecule has 1 N–H and O–H groups in total. The van der Waals surface area contributed by atoms with E-state index >= 15 is 0 Å². The Labute approximate surface area is 145 Å². The molecule has 0 aromatic heterocycles. The average Bonchev–Trinajstić information content (AvgIpc) is 2.58. The molecule has 2 aromatic carbocycles. The van der Waals surface area contributed by atoms with E-state index < -0.39 is 12.0 Å². The molecule has 24 heavy (non-hydrogen) atoms. The number of carboxylic acid groups (broad SMARTS) is 1. The smallest absolute Gasteiger partial charge is 0.325 e. The molecule has 2 aromatic rings. The molecule has 0 bridgehead atoms. The van der Waals surface area contributed by atoms with Gasteiger partial charge in [0.25, 0.3) is 0 Å². The summed E-state index contributed by atoms with van der Waals surface area (Å²) in [6.07, 6.45) is 0. The van der Waals surface area contributed by atoms with E-state index in [2.05, 4.69) is 4.90 Å². The van der Waals surface area contributed by atoms with Crippen LogP contribution in [0.5, 0.6) is 0 Å². The van der Waals surface area contributed by atoms with E-state index in [-0.39, 0.29) is 5.82 Å². The molecular weight excluding hydrogens is 331 g/mol. The third-order valence-corrected chi connectivity index (χ3v) is 4.54. The first-order valence-corrected chi connectivity index (χ1v) is 8.15. The van der Waals surface area contributed by atoms with Gasteiger partial charge in [-0.1, -0.05) is 23.7 Å². The van der Waals surface area contributed by atoms with Gasteiger partial charge < -0.3 is 10.0 Å². The van der Waals surface area contributed by atoms with E-state index in [0.29, 0.717) is 23.7 Å². The van der Waals surface area contributed by atoms with Crippen LogP contribution in [0.2, 0.25) is 5.02 Å². The van der Waals surface area contributed by atoms with Crippen LogP contribution in [-0.2, 0) is 4.79 Å². The highest BCUT2D eigenvalue weighted by Crippen LogP contribution is 2.25. The van der Waals surface area contributed by atoms with Gasteiger partial charge in [-0.15, -0.1) is 0 Å². The fourth-order valence-corrected chi connectivity index (χ4v) is 3.17. The van der Waals surface area contributed by atoms with Crippen molar-refractivity contribution >= 4 is 23.3 Å². The molecule has 0 unspecified atom stereocenters. The lowest BCUT2D eigenvalue weighted by Gasteiger charge is -2.39. The van der Waals surface area contributed by atoms with Crippen molar-refractivity contribution in [1.82, 2.24) is 4.90 Å². The van der Waals surface area contributed by atoms with Crippen molar-refractivity contribution in [1.29, 1.82) is 0 Å². The summed E-state index contributed by atoms with van der Waals surface area (Å²) in [4.78, 5) is 15.8. The second-order valence-electron chi connectivity index (χ2n) is 5.79. The minimum atomic E-state index is -0.915. The minimum Gasteiger partial charge on any atom is -0.480 e. The van der Waals surface area contributed by atoms with E-state index in [1.54, 1.807) is 12.1 Å². The average molecular weight is 349 g/mol. The van der Waals surface area contributed by atoms with Crippen molar-refractivity contribution in [3.63, 3.8) is 0 Å². The summed E-state index contributed by atoms with van der Waals surface area (Å²) in [6.45, 7) is 2.70. The maximum atomic E-state index is 13.1. The summed E-state index contributed by atoms with van der Waals surface area (Å²) in [5, 5.41) is 10.3. The van der Waals surface area contributed by atoms with Crippen molar-refractivity contribution < 1.29 is 14.3 Å². The van der Waals surface area contributed by atoms with E-state index in [9.17, 15) is 14.3 Å². The number of hydrogen-bond acceptors (Lipinski definition) is 3. The number of rotatable bonds is 4. The van der Waals surface area contributed by atoms with Gasteiger partial charge in [0, 0.05) is 36.9 Å². The highest BCUT2D eigenvalue weighted by atomic mass is 35.5. The molecule has 1 aliphatic rings. The standard InChI is InChI=1S/C18H18ClFN2O2/c19-14-3-7-16(8-4-14)21-9-11-22(12-10-21)17(18(23)24)13-1-5-15(20)6-2-13/h1-8,17H,9-12H2,(H,23,24)/t17-/m0/s1. The molecule has 0 aliphatic carbocycles. The molecule has 0 radical (unpaired) electrons. The number of aliphatic carboxylic acids is 1. The molecule has 3 rings (SSSR count). The molecular formula is C18H18ClFN2O2. The van der Waals surface area contributed by atoms with Crippen LogP contribution in [-0.4, -0.2) is 42.2 Å². The number of hydrogen-bond donors (Lipinski definition) is 1. The monoisotopic (exact) mass is 348 g/mol. The van der Waals surface area contributed by atoms with E-state index in [1.165, 1.54) is 12.1 Å². The van der Waals surface area contributed by atoms with E-state index in [1.807, 2.05) is 29.2 Å². The van der Waals surface area contributed by atoms with Crippen LogP contribution in [0.4, 0.5) is 10.1 Å². The van der Waals surface area contributed by atoms with Crippen molar-refractivity contribution in [2.75, 3.05) is 31.1 Å². The van der Waals surface area contributed by atoms with Gasteiger partial charge in [0.15, 0.2) is 0 Å². The largest absolute Gasteiger partial charge is 0.480 e. The van der Waals surface area contributed by atoms with Gasteiger partial charge in [-0.3, -0.25) is 9.69 Å². The lowest BCUT2D eigenvalue weighted by atomic mass is 10.0. The SMILES string of the molecule is O=C(O)[C@H](c1ccc(F)cc1)N1CCN(c2ccc(Cl)cc2)CC1. The fourth-order valence-electron chi connectivity index (χ4n) is 3.04. The van der Waals surface area contributed by atoms with Crippen molar-refractivity contribution in [3.05, 3.63) is 64.9 Å². The van der Waals surface area contributed by atoms with Crippen molar-refractivity contribution in [3.8, 4) is 0 Å². The molecule has 1 heterocycles. The second kappa shape index (κ2) is 7.20. The summed E-state index contributed by atoms with van der Waals surface area (Å²) < 4.78 is 13.1. The summed E-state index contributed by atoms with van der Waals surface area (Å²) in [5.41, 5.74) is 1.68. The summed E-state index contributed by atoms with van der Waals surface area (Å²) >= 11 is 5.91. The fraction of sp³-hybridized carbons (Fsp3) is 0.278. The number of anilines is 1. The Kier molecular flexibility index (Phi) is 5.02. The Bertz CT molecular complexity index is 698. The molecule has 6 heteroatoms. The molecule has 0 amide bonds. The molecule has 0 spiro atoms. The molecule has 1 fully saturated rings. The highest BCUT2D eigenvalue weighted by molar-refractivity contribution is 6.30. The number of carboxylic acids is 1. The lowest BCUT2D eigenvalue weighted by Crippen LogP contribution is -2.49. The summed E-state index contributed by atoms with van der Waals surface area (Å²) in [6, 6.07) is 12.6. The highest BCUT2D eigenvalue weighted by Gasteiger charge is 2.30. The van der Waals surface area contributed by atoms with Crippen LogP contribution in [0.3, 0.4) is 0 Å². The number of halogens is 2. The lowest BCUT2D eigenvalue weighted by molar-refractivity contribution is -0.143. The second-order valence-corrected chi connectivity index (χ2v) is 6.23. The van der Waals surface area contributed by atoms with Gasteiger partial charge in [0.05, 0.1) is 0 Å². The number of nitrogens with zero attached hydrogens (tertiary/aromatic N) is 2. The third kappa shape index (κ3) is 3.68. The van der Waals surface area contributed by atoms with Gasteiger partial charge in [0.2, 0.25) is 0 Å². The molecule has 1 saturated heterocycles. The molecule has 1 aliphatic heterocycles. The van der Waals surface area contributed by atoms with Crippen LogP contribution in [0.1, 0.15) is 11.6 Å². The van der Waals surface area contributed by atoms with Crippen LogP contribution < -0.4 is 4.90 Å². The van der Waals surface area contributed by atoms with Crippen LogP contribution in [0.25, 0.3) is 0 Å². The molecule has 0 saturated carbocycles. The topological polar surface area (TPSA) is 43.8 Å². The van der Waals surface area contributed by atoms with Gasteiger partial charge in [0.1, 0.15) is 11.9 Å². The molecule has 4 nitrogen and oxygen atoms in total. The minimum absolute atomic E-state index is 0.365. The normalized spacial score (nSPS) is 16.8. The van der Waals surface area contributed by atoms with Gasteiger partial charge in [-0.05, 0) is 42.0 Å². The predicted molar refractivity (Wildman–Crippen MR) is 92.0 cm³/mol. The first kappa shape index (κ1) is 16.7. The first-order valence-electron chi connectivity index (χ1n) is 7.77. The van der Waals surface area contributed by atoms with E-state index in [4.69, 9.17) is 11.6 Å². The van der Waals surface area contributed by atoms with E-state index in [0.717, 1.165) is 18.8 Å². The third-order valence-electron chi connectivity index (χ3n) is 4.29. The zero-order valence-corrected chi connectivity index (χ0v) is 13.8. The Morgan fingerprint density at radius 3 is 2.12 bits per heavy atom. The number of benzene rings is 2. The van der Waals surface area contributed by atoms with Crippen molar-refractivity contribution in [2.45, 2.75) is 6.04 Å². The zero-order chi connectivity index (χ0) is 17.1. The van der Waals surface area contributed by atoms with Crippen LogP contribution in [0.15, 0.2) is 48.5 Å². The Morgan fingerprint density at radius 1 is 1.00 bits per heavy atom. The maximum Gasteiger partial charge on any atom is 0.325 e. The Balaban J connectivity index is 1.70. The quantitative estimate of drug-likeness (QED) is 0.919. The van der Waals surface area contributed by atoms with Crippen LogP contribution >= 0.6 is 11.6 Å². The maximum absolute atomic E-state index is 13.1. The predicted octanol–water partition coefficient (Wildman–Crippen LogP) is 3.43. The number of piperazine rings is 1. The van der Waals surface area contributed by atoms with Crippen molar-refractivity contribution in [2.24, 2.45) is 0 Å². The summed E-state index contributed by atoms with van der Waals surface area (Å²) in [7, 11) is 0. The van der Waals surface area contributed by atoms with Gasteiger partial charge in [-0.2, -0.15) is 0 Å². The van der Waals surface area contributed by atoms with Gasteiger partial charge >= 0.3 is 5.97 Å². The molecule has 1 atom stereocenters. The zero-order valence-electron chi connectivity index (χ0n) is 13.0. The Morgan fingerprint density at radius 2 is 1.58 bits per heavy atom. The van der Waals surface area contributed by atoms with Crippen LogP contribution in [0, 0.1) is 5.82 Å². The van der Waals surface area contributed by atoms with Gasteiger partial charge in [-0.25, -0.2) is 4.39 Å². The number of carbonyl (C=O) groups is 1. The molecule has 126 valence electrons. The first-order chi connectivity index (χ1) is 11.5.